The monoisotopic (exact) mass is 235 g/mol. The van der Waals surface area contributed by atoms with Crippen LogP contribution in [0.1, 0.15) is 13.8 Å². The normalized spacial score (nSPS) is 25.2. The van der Waals surface area contributed by atoms with Crippen LogP contribution in [0.4, 0.5) is 0 Å². The first-order chi connectivity index (χ1) is 6.65. The molecule has 0 aromatic carbocycles. The van der Waals surface area contributed by atoms with E-state index in [1.807, 2.05) is 38.2 Å². The van der Waals surface area contributed by atoms with Gasteiger partial charge in [0, 0.05) is 0 Å². The average Bonchev–Trinajstić information content (AvgIpc) is 2.46. The Morgan fingerprint density at radius 3 is 2.87 bits per heavy atom. The molecule has 2 unspecified atom stereocenters. The van der Waals surface area contributed by atoms with E-state index < -0.39 is 0 Å². The second-order valence-electron chi connectivity index (χ2n) is 3.63. The predicted octanol–water partition coefficient (Wildman–Crippen LogP) is -3.54. The van der Waals surface area contributed by atoms with E-state index in [9.17, 15) is 0 Å². The van der Waals surface area contributed by atoms with Gasteiger partial charge in [-0.1, -0.05) is 5.16 Å². The van der Waals surface area contributed by atoms with Gasteiger partial charge in [-0.15, -0.1) is 0 Å². The molecular weight excluding hydrogens is 218 g/mol. The van der Waals surface area contributed by atoms with E-state index >= 15 is 0 Å². The molecule has 2 N–H and O–H groups in total. The standard InChI is InChI=1S/C9H17N3O2.ClH/c1-8(2)14-7-12-5-4-11(3)9(12)6-10-13;/h4-6,8-9,13H,7H2,1-3H3;1H/b10-6-;. The number of hydrogen-bond acceptors (Lipinski definition) is 4. The van der Waals surface area contributed by atoms with Gasteiger partial charge in [0.25, 0.3) is 0 Å². The molecule has 1 rings (SSSR count). The fourth-order valence-corrected chi connectivity index (χ4v) is 1.29. The number of halogens is 1. The lowest BCUT2D eigenvalue weighted by Gasteiger charge is -2.23. The van der Waals surface area contributed by atoms with Gasteiger partial charge in [-0.05, 0) is 13.8 Å². The minimum Gasteiger partial charge on any atom is -1.00 e. The summed E-state index contributed by atoms with van der Waals surface area (Å²) in [4.78, 5) is 3.13. The van der Waals surface area contributed by atoms with E-state index in [1.165, 1.54) is 6.21 Å². The van der Waals surface area contributed by atoms with E-state index in [0.29, 0.717) is 6.73 Å². The van der Waals surface area contributed by atoms with Crippen LogP contribution in [0.15, 0.2) is 17.6 Å². The first-order valence-electron chi connectivity index (χ1n) is 4.71. The Balaban J connectivity index is 0.00000196. The van der Waals surface area contributed by atoms with Crippen LogP contribution in [0, 0.1) is 0 Å². The SMILES string of the molecule is CC(C)OCN1C=C[NH+](C)C1/C=N\O.[Cl-]. The van der Waals surface area contributed by atoms with Crippen molar-refractivity contribution in [3.8, 4) is 0 Å². The fourth-order valence-electron chi connectivity index (χ4n) is 1.29. The van der Waals surface area contributed by atoms with Crippen molar-refractivity contribution >= 4 is 6.21 Å². The molecule has 88 valence electrons. The second kappa shape index (κ2) is 6.66. The quantitative estimate of drug-likeness (QED) is 0.302. The predicted molar refractivity (Wildman–Crippen MR) is 53.0 cm³/mol. The molecule has 0 fully saturated rings. The molecule has 1 aliphatic rings. The Labute approximate surface area is 96.4 Å². The molecule has 0 aromatic heterocycles. The average molecular weight is 236 g/mol. The summed E-state index contributed by atoms with van der Waals surface area (Å²) in [5, 5.41) is 11.6. The number of hydrogen-bond donors (Lipinski definition) is 2. The summed E-state index contributed by atoms with van der Waals surface area (Å²) < 4.78 is 5.47. The molecular formula is C9H18ClN3O2. The van der Waals surface area contributed by atoms with E-state index in [0.717, 1.165) is 4.90 Å². The zero-order valence-electron chi connectivity index (χ0n) is 9.22. The Morgan fingerprint density at radius 2 is 2.33 bits per heavy atom. The highest BCUT2D eigenvalue weighted by Crippen LogP contribution is 2.00. The molecule has 2 atom stereocenters. The number of nitrogens with one attached hydrogen (secondary N) is 1. The first-order valence-corrected chi connectivity index (χ1v) is 4.71. The third-order valence-electron chi connectivity index (χ3n) is 2.12. The summed E-state index contributed by atoms with van der Waals surface area (Å²) in [5.41, 5.74) is 0. The van der Waals surface area contributed by atoms with E-state index in [4.69, 9.17) is 9.94 Å². The number of nitrogens with zero attached hydrogens (tertiary/aromatic N) is 2. The molecule has 0 radical (unpaired) electrons. The van der Waals surface area contributed by atoms with Gasteiger partial charge in [-0.2, -0.15) is 0 Å². The number of ether oxygens (including phenoxy) is 1. The lowest BCUT2D eigenvalue weighted by atomic mass is 10.4. The summed E-state index contributed by atoms with van der Waals surface area (Å²) in [6.07, 6.45) is 5.67. The molecule has 0 amide bonds. The van der Waals surface area contributed by atoms with Gasteiger partial charge in [0.15, 0.2) is 0 Å². The minimum absolute atomic E-state index is 0. The maximum atomic E-state index is 8.50. The third kappa shape index (κ3) is 4.07. The van der Waals surface area contributed by atoms with Crippen molar-refractivity contribution in [2.75, 3.05) is 13.8 Å². The van der Waals surface area contributed by atoms with E-state index in [2.05, 4.69) is 5.16 Å². The molecule has 0 saturated heterocycles. The molecule has 6 heteroatoms. The van der Waals surface area contributed by atoms with Crippen LogP contribution in [-0.4, -0.2) is 42.4 Å². The lowest BCUT2D eigenvalue weighted by Crippen LogP contribution is -3.09. The topological polar surface area (TPSA) is 49.5 Å². The van der Waals surface area contributed by atoms with Crippen molar-refractivity contribution in [3.63, 3.8) is 0 Å². The lowest BCUT2D eigenvalue weighted by molar-refractivity contribution is -0.844. The van der Waals surface area contributed by atoms with Gasteiger partial charge in [0.1, 0.15) is 19.1 Å². The van der Waals surface area contributed by atoms with E-state index in [1.54, 1.807) is 0 Å². The van der Waals surface area contributed by atoms with Gasteiger partial charge in [-0.25, -0.2) is 0 Å². The number of quaternary nitrogens is 1. The summed E-state index contributed by atoms with van der Waals surface area (Å²) >= 11 is 0. The highest BCUT2D eigenvalue weighted by molar-refractivity contribution is 5.61. The molecule has 0 bridgehead atoms. The molecule has 0 aliphatic carbocycles. The summed E-state index contributed by atoms with van der Waals surface area (Å²) in [7, 11) is 2.00. The zero-order valence-corrected chi connectivity index (χ0v) is 9.98. The van der Waals surface area contributed by atoms with Gasteiger partial charge < -0.3 is 22.4 Å². The number of oxime groups is 1. The Bertz CT molecular complexity index is 233. The highest BCUT2D eigenvalue weighted by atomic mass is 35.5. The van der Waals surface area contributed by atoms with Crippen LogP contribution in [0.2, 0.25) is 0 Å². The van der Waals surface area contributed by atoms with Crippen LogP contribution < -0.4 is 17.3 Å². The zero-order chi connectivity index (χ0) is 10.6. The fraction of sp³-hybridized carbons (Fsp3) is 0.667. The van der Waals surface area contributed by atoms with Crippen molar-refractivity contribution in [1.82, 2.24) is 4.90 Å². The molecule has 0 saturated carbocycles. The van der Waals surface area contributed by atoms with Crippen molar-refractivity contribution in [3.05, 3.63) is 12.4 Å². The molecule has 15 heavy (non-hydrogen) atoms. The van der Waals surface area contributed by atoms with Crippen molar-refractivity contribution in [1.29, 1.82) is 0 Å². The molecule has 0 spiro atoms. The van der Waals surface area contributed by atoms with Crippen LogP contribution in [-0.2, 0) is 4.74 Å². The second-order valence-corrected chi connectivity index (χ2v) is 3.63. The van der Waals surface area contributed by atoms with Crippen molar-refractivity contribution < 1.29 is 27.3 Å². The highest BCUT2D eigenvalue weighted by Gasteiger charge is 2.26. The summed E-state index contributed by atoms with van der Waals surface area (Å²) in [5.74, 6) is 0. The Morgan fingerprint density at radius 1 is 1.67 bits per heavy atom. The number of rotatable bonds is 4. The van der Waals surface area contributed by atoms with Crippen LogP contribution in [0.3, 0.4) is 0 Å². The van der Waals surface area contributed by atoms with Gasteiger partial charge in [-0.3, -0.25) is 9.80 Å². The Kier molecular flexibility index (Phi) is 6.31. The molecule has 5 nitrogen and oxygen atoms in total. The van der Waals surface area contributed by atoms with Crippen LogP contribution in [0.5, 0.6) is 0 Å². The minimum atomic E-state index is 0. The van der Waals surface area contributed by atoms with Gasteiger partial charge >= 0.3 is 0 Å². The third-order valence-corrected chi connectivity index (χ3v) is 2.12. The van der Waals surface area contributed by atoms with Gasteiger partial charge in [0.05, 0.1) is 19.4 Å². The van der Waals surface area contributed by atoms with Crippen LogP contribution in [0.25, 0.3) is 0 Å². The smallest absolute Gasteiger partial charge is 0.209 e. The molecule has 1 aliphatic heterocycles. The largest absolute Gasteiger partial charge is 1.00 e. The maximum absolute atomic E-state index is 8.50. The van der Waals surface area contributed by atoms with E-state index in [-0.39, 0.29) is 24.7 Å². The van der Waals surface area contributed by atoms with Crippen molar-refractivity contribution in [2.24, 2.45) is 5.16 Å². The van der Waals surface area contributed by atoms with Crippen LogP contribution >= 0.6 is 0 Å². The Hall–Kier alpha value is -0.780. The maximum Gasteiger partial charge on any atom is 0.209 e. The molecule has 0 aromatic rings. The van der Waals surface area contributed by atoms with Crippen molar-refractivity contribution in [2.45, 2.75) is 26.1 Å². The van der Waals surface area contributed by atoms with Gasteiger partial charge in [0.2, 0.25) is 6.17 Å². The summed E-state index contributed by atoms with van der Waals surface area (Å²) in [6, 6.07) is 0. The first kappa shape index (κ1) is 14.2. The molecule has 1 heterocycles. The summed E-state index contributed by atoms with van der Waals surface area (Å²) in [6.45, 7) is 4.50.